The van der Waals surface area contributed by atoms with E-state index in [1.165, 1.54) is 31.2 Å². The highest BCUT2D eigenvalue weighted by molar-refractivity contribution is 8.13. The Labute approximate surface area is 122 Å². The SMILES string of the molecule is CC(=O)SCCC(O)C(O)c1cccc(S(N)(=O)=O)c1. The largest absolute Gasteiger partial charge is 0.390 e. The third-order valence-electron chi connectivity index (χ3n) is 2.61. The number of benzene rings is 1. The minimum absolute atomic E-state index is 0.0667. The van der Waals surface area contributed by atoms with Gasteiger partial charge in [0.25, 0.3) is 0 Å². The van der Waals surface area contributed by atoms with Gasteiger partial charge in [-0.25, -0.2) is 13.6 Å². The second kappa shape index (κ2) is 7.19. The molecule has 112 valence electrons. The molecule has 0 amide bonds. The second-order valence-electron chi connectivity index (χ2n) is 4.26. The lowest BCUT2D eigenvalue weighted by molar-refractivity contribution is -0.109. The standard InChI is InChI=1S/C12H17NO5S2/c1-8(14)19-6-5-11(15)12(16)9-3-2-4-10(7-9)20(13,17)18/h2-4,7,11-12,15-16H,5-6H2,1H3,(H2,13,17,18). The summed E-state index contributed by atoms with van der Waals surface area (Å²) in [6, 6.07) is 5.47. The maximum atomic E-state index is 11.2. The number of aliphatic hydroxyl groups excluding tert-OH is 2. The fourth-order valence-electron chi connectivity index (χ4n) is 1.58. The summed E-state index contributed by atoms with van der Waals surface area (Å²) in [6.07, 6.45) is -2.10. The van der Waals surface area contributed by atoms with Crippen LogP contribution in [0.4, 0.5) is 0 Å². The number of carbonyl (C=O) groups excluding carboxylic acids is 1. The van der Waals surface area contributed by atoms with Crippen LogP contribution in [-0.4, -0.2) is 35.6 Å². The van der Waals surface area contributed by atoms with Crippen molar-refractivity contribution in [2.24, 2.45) is 5.14 Å². The highest BCUT2D eigenvalue weighted by Crippen LogP contribution is 2.22. The van der Waals surface area contributed by atoms with E-state index >= 15 is 0 Å². The van der Waals surface area contributed by atoms with Crippen LogP contribution >= 0.6 is 11.8 Å². The zero-order valence-corrected chi connectivity index (χ0v) is 12.5. The molecule has 0 heterocycles. The van der Waals surface area contributed by atoms with Crippen LogP contribution in [0, 0.1) is 0 Å². The van der Waals surface area contributed by atoms with E-state index in [1.54, 1.807) is 0 Å². The van der Waals surface area contributed by atoms with E-state index in [1.807, 2.05) is 0 Å². The van der Waals surface area contributed by atoms with Crippen LogP contribution in [0.25, 0.3) is 0 Å². The molecule has 0 fully saturated rings. The predicted octanol–water partition coefficient (Wildman–Crippen LogP) is 0.398. The first-order chi connectivity index (χ1) is 9.21. The van der Waals surface area contributed by atoms with Gasteiger partial charge in [0.15, 0.2) is 5.12 Å². The molecular weight excluding hydrogens is 302 g/mol. The number of primary sulfonamides is 1. The van der Waals surface area contributed by atoms with Crippen LogP contribution in [0.2, 0.25) is 0 Å². The Bertz CT molecular complexity index is 573. The number of thioether (sulfide) groups is 1. The summed E-state index contributed by atoms with van der Waals surface area (Å²) >= 11 is 1.05. The molecule has 0 bridgehead atoms. The summed E-state index contributed by atoms with van der Waals surface area (Å²) < 4.78 is 22.4. The Balaban J connectivity index is 2.76. The van der Waals surface area contributed by atoms with E-state index in [9.17, 15) is 23.4 Å². The number of nitrogens with two attached hydrogens (primary N) is 1. The predicted molar refractivity (Wildman–Crippen MR) is 76.5 cm³/mol. The Morgan fingerprint density at radius 3 is 2.60 bits per heavy atom. The molecule has 4 N–H and O–H groups in total. The highest BCUT2D eigenvalue weighted by Gasteiger charge is 2.20. The Morgan fingerprint density at radius 1 is 1.40 bits per heavy atom. The third-order valence-corrected chi connectivity index (χ3v) is 4.37. The normalized spacial score (nSPS) is 14.8. The van der Waals surface area contributed by atoms with Crippen LogP contribution in [0.1, 0.15) is 25.0 Å². The van der Waals surface area contributed by atoms with Gasteiger partial charge in [-0.2, -0.15) is 0 Å². The van der Waals surface area contributed by atoms with Gasteiger partial charge in [0.05, 0.1) is 11.0 Å². The van der Waals surface area contributed by atoms with Crippen molar-refractivity contribution in [3.63, 3.8) is 0 Å². The smallest absolute Gasteiger partial charge is 0.238 e. The summed E-state index contributed by atoms with van der Waals surface area (Å²) in [5, 5.41) is 24.7. The first-order valence-corrected chi connectivity index (χ1v) is 8.37. The van der Waals surface area contributed by atoms with Crippen molar-refractivity contribution in [3.05, 3.63) is 29.8 Å². The molecule has 0 radical (unpaired) electrons. The molecule has 1 aromatic carbocycles. The first-order valence-electron chi connectivity index (χ1n) is 5.84. The fourth-order valence-corrected chi connectivity index (χ4v) is 2.79. The molecule has 20 heavy (non-hydrogen) atoms. The molecule has 1 aromatic rings. The van der Waals surface area contributed by atoms with Gasteiger partial charge in [0.2, 0.25) is 10.0 Å². The van der Waals surface area contributed by atoms with E-state index in [0.29, 0.717) is 5.75 Å². The molecule has 0 spiro atoms. The van der Waals surface area contributed by atoms with Crippen molar-refractivity contribution in [2.45, 2.75) is 30.4 Å². The maximum Gasteiger partial charge on any atom is 0.238 e. The van der Waals surface area contributed by atoms with E-state index in [-0.39, 0.29) is 22.0 Å². The van der Waals surface area contributed by atoms with Crippen molar-refractivity contribution in [3.8, 4) is 0 Å². The van der Waals surface area contributed by atoms with Crippen molar-refractivity contribution < 1.29 is 23.4 Å². The lowest BCUT2D eigenvalue weighted by Gasteiger charge is -2.18. The molecular formula is C12H17NO5S2. The molecule has 0 aliphatic heterocycles. The zero-order valence-electron chi connectivity index (χ0n) is 10.9. The quantitative estimate of drug-likeness (QED) is 0.698. The molecule has 1 rings (SSSR count). The van der Waals surface area contributed by atoms with Crippen LogP contribution in [0.15, 0.2) is 29.2 Å². The fraction of sp³-hybridized carbons (Fsp3) is 0.417. The highest BCUT2D eigenvalue weighted by atomic mass is 32.2. The molecule has 8 heteroatoms. The molecule has 2 unspecified atom stereocenters. The number of hydrogen-bond donors (Lipinski definition) is 3. The van der Waals surface area contributed by atoms with Crippen molar-refractivity contribution in [2.75, 3.05) is 5.75 Å². The van der Waals surface area contributed by atoms with E-state index in [0.717, 1.165) is 11.8 Å². The van der Waals surface area contributed by atoms with Gasteiger partial charge in [-0.3, -0.25) is 4.79 Å². The summed E-state index contributed by atoms with van der Waals surface area (Å²) in [5.74, 6) is 0.377. The second-order valence-corrected chi connectivity index (χ2v) is 7.09. The van der Waals surface area contributed by atoms with E-state index < -0.39 is 22.2 Å². The Morgan fingerprint density at radius 2 is 2.05 bits per heavy atom. The van der Waals surface area contributed by atoms with Gasteiger partial charge in [-0.15, -0.1) is 0 Å². The number of sulfonamides is 1. The summed E-state index contributed by atoms with van der Waals surface area (Å²) in [6.45, 7) is 1.42. The average Bonchev–Trinajstić information content (AvgIpc) is 2.36. The van der Waals surface area contributed by atoms with E-state index in [2.05, 4.69) is 0 Å². The van der Waals surface area contributed by atoms with Crippen LogP contribution in [-0.2, 0) is 14.8 Å². The van der Waals surface area contributed by atoms with Crippen LogP contribution < -0.4 is 5.14 Å². The zero-order chi connectivity index (χ0) is 15.3. The van der Waals surface area contributed by atoms with Gasteiger partial charge >= 0.3 is 0 Å². The van der Waals surface area contributed by atoms with Gasteiger partial charge in [-0.1, -0.05) is 23.9 Å². The minimum Gasteiger partial charge on any atom is -0.390 e. The summed E-state index contributed by atoms with van der Waals surface area (Å²) in [5.41, 5.74) is 0.261. The summed E-state index contributed by atoms with van der Waals surface area (Å²) in [7, 11) is -3.85. The minimum atomic E-state index is -3.85. The van der Waals surface area contributed by atoms with E-state index in [4.69, 9.17) is 5.14 Å². The average molecular weight is 319 g/mol. The van der Waals surface area contributed by atoms with Crippen molar-refractivity contribution in [1.82, 2.24) is 0 Å². The third kappa shape index (κ3) is 5.22. The monoisotopic (exact) mass is 319 g/mol. The van der Waals surface area contributed by atoms with Gasteiger partial charge in [0.1, 0.15) is 6.10 Å². The maximum absolute atomic E-state index is 11.2. The number of aliphatic hydroxyl groups is 2. The van der Waals surface area contributed by atoms with Crippen LogP contribution in [0.5, 0.6) is 0 Å². The van der Waals surface area contributed by atoms with Gasteiger partial charge in [0, 0.05) is 12.7 Å². The first kappa shape index (κ1) is 17.1. The molecule has 6 nitrogen and oxygen atoms in total. The molecule has 0 aromatic heterocycles. The van der Waals surface area contributed by atoms with Crippen LogP contribution in [0.3, 0.4) is 0 Å². The Hall–Kier alpha value is -0.930. The molecule has 0 saturated heterocycles. The number of hydrogen-bond acceptors (Lipinski definition) is 6. The molecule has 2 atom stereocenters. The van der Waals surface area contributed by atoms with Gasteiger partial charge < -0.3 is 10.2 Å². The topological polar surface area (TPSA) is 118 Å². The number of rotatable bonds is 6. The van der Waals surface area contributed by atoms with Gasteiger partial charge in [-0.05, 0) is 24.1 Å². The number of carbonyl (C=O) groups is 1. The molecule has 0 saturated carbocycles. The lowest BCUT2D eigenvalue weighted by atomic mass is 10.0. The Kier molecular flexibility index (Phi) is 6.15. The lowest BCUT2D eigenvalue weighted by Crippen LogP contribution is -2.20. The molecule has 0 aliphatic rings. The summed E-state index contributed by atoms with van der Waals surface area (Å²) in [4.78, 5) is 10.6. The van der Waals surface area contributed by atoms with Crippen molar-refractivity contribution in [1.29, 1.82) is 0 Å². The molecule has 0 aliphatic carbocycles. The van der Waals surface area contributed by atoms with Crippen molar-refractivity contribution >= 4 is 26.9 Å².